The van der Waals surface area contributed by atoms with Crippen molar-refractivity contribution >= 4 is 35.4 Å². The maximum atomic E-state index is 11.9. The molecule has 9 heteroatoms. The average Bonchev–Trinajstić information content (AvgIpc) is 3.31. The molecule has 0 saturated heterocycles. The summed E-state index contributed by atoms with van der Waals surface area (Å²) in [6, 6.07) is 4.52. The molecule has 1 fully saturated rings. The number of aldehydes is 1. The molecule has 3 N–H and O–H groups in total. The van der Waals surface area contributed by atoms with Crippen molar-refractivity contribution in [1.29, 1.82) is 0 Å². The number of carbonyl (C=O) groups excluding carboxylic acids is 1. The number of aromatic nitrogens is 2. The van der Waals surface area contributed by atoms with Crippen LogP contribution in [0.4, 0.5) is 23.1 Å². The van der Waals surface area contributed by atoms with Gasteiger partial charge in [-0.15, -0.1) is 0 Å². The number of ether oxygens (including phenoxy) is 1. The second-order valence-corrected chi connectivity index (χ2v) is 7.48. The number of carbonyl (C=O) groups is 2. The summed E-state index contributed by atoms with van der Waals surface area (Å²) in [6.07, 6.45) is 7.65. The highest BCUT2D eigenvalue weighted by molar-refractivity contribution is 5.89. The van der Waals surface area contributed by atoms with Gasteiger partial charge in [-0.2, -0.15) is 4.98 Å². The largest absolute Gasteiger partial charge is 0.495 e. The number of aromatic carboxylic acids is 1. The molecule has 31 heavy (non-hydrogen) atoms. The van der Waals surface area contributed by atoms with Crippen LogP contribution in [0.1, 0.15) is 49.4 Å². The molecule has 1 saturated carbocycles. The maximum Gasteiger partial charge on any atom is 0.335 e. The quantitative estimate of drug-likeness (QED) is 0.488. The van der Waals surface area contributed by atoms with Crippen molar-refractivity contribution in [1.82, 2.24) is 9.97 Å². The maximum absolute atomic E-state index is 11.9. The molecule has 1 unspecified atom stereocenters. The lowest BCUT2D eigenvalue weighted by molar-refractivity contribution is -0.109. The summed E-state index contributed by atoms with van der Waals surface area (Å²) >= 11 is 0. The van der Waals surface area contributed by atoms with Gasteiger partial charge in [0.2, 0.25) is 5.95 Å². The van der Waals surface area contributed by atoms with Gasteiger partial charge in [-0.25, -0.2) is 9.78 Å². The Balaban J connectivity index is 2.00. The molecule has 1 heterocycles. The van der Waals surface area contributed by atoms with Crippen LogP contribution in [0.2, 0.25) is 0 Å². The summed E-state index contributed by atoms with van der Waals surface area (Å²) in [6.45, 7) is 2.00. The SMILES string of the molecule is CCC(C=O)N(c1nc(Nc2ccc(C(=O)O)cc2OC)ncc1NC)C1CCCC1. The number of nitrogens with zero attached hydrogens (tertiary/aromatic N) is 3. The third-order valence-corrected chi connectivity index (χ3v) is 5.63. The van der Waals surface area contributed by atoms with E-state index in [0.717, 1.165) is 37.7 Å². The van der Waals surface area contributed by atoms with Gasteiger partial charge in [0, 0.05) is 13.1 Å². The van der Waals surface area contributed by atoms with E-state index in [9.17, 15) is 14.7 Å². The minimum atomic E-state index is -1.03. The second-order valence-electron chi connectivity index (χ2n) is 7.48. The third kappa shape index (κ3) is 4.87. The van der Waals surface area contributed by atoms with E-state index >= 15 is 0 Å². The molecule has 0 radical (unpaired) electrons. The lowest BCUT2D eigenvalue weighted by Gasteiger charge is -2.35. The highest BCUT2D eigenvalue weighted by atomic mass is 16.5. The van der Waals surface area contributed by atoms with E-state index in [4.69, 9.17) is 9.72 Å². The standard InChI is InChI=1S/C22H29N5O4/c1-4-15(13-28)27(16-7-5-6-8-16)20-18(23-2)12-24-22(26-20)25-17-10-9-14(21(29)30)11-19(17)31-3/h9-13,15-16,23H,4-8H2,1-3H3,(H,29,30)(H,24,25,26). The third-order valence-electron chi connectivity index (χ3n) is 5.63. The normalized spacial score (nSPS) is 14.7. The number of hydrogen-bond donors (Lipinski definition) is 3. The van der Waals surface area contributed by atoms with E-state index in [-0.39, 0.29) is 17.6 Å². The van der Waals surface area contributed by atoms with E-state index in [1.54, 1.807) is 19.3 Å². The van der Waals surface area contributed by atoms with E-state index in [1.807, 2.05) is 6.92 Å². The van der Waals surface area contributed by atoms with Gasteiger partial charge in [-0.1, -0.05) is 19.8 Å². The summed E-state index contributed by atoms with van der Waals surface area (Å²) in [5.74, 6) is 0.342. The molecule has 1 aromatic carbocycles. The average molecular weight is 428 g/mol. The van der Waals surface area contributed by atoms with Crippen LogP contribution in [-0.2, 0) is 4.79 Å². The van der Waals surface area contributed by atoms with Gasteiger partial charge in [0.15, 0.2) is 5.82 Å². The van der Waals surface area contributed by atoms with E-state index in [1.165, 1.54) is 19.2 Å². The topological polar surface area (TPSA) is 117 Å². The number of anilines is 4. The number of nitrogens with one attached hydrogen (secondary N) is 2. The van der Waals surface area contributed by atoms with Crippen molar-refractivity contribution in [3.63, 3.8) is 0 Å². The predicted octanol–water partition coefficient (Wildman–Crippen LogP) is 3.70. The smallest absolute Gasteiger partial charge is 0.335 e. The van der Waals surface area contributed by atoms with Gasteiger partial charge in [-0.05, 0) is 37.5 Å². The van der Waals surface area contributed by atoms with Gasteiger partial charge >= 0.3 is 5.97 Å². The van der Waals surface area contributed by atoms with Crippen LogP contribution in [0.5, 0.6) is 5.75 Å². The van der Waals surface area contributed by atoms with Crippen molar-refractivity contribution in [2.75, 3.05) is 29.7 Å². The first kappa shape index (κ1) is 22.3. The van der Waals surface area contributed by atoms with Crippen LogP contribution in [0.3, 0.4) is 0 Å². The molecule has 0 bridgehead atoms. The minimum absolute atomic E-state index is 0.124. The van der Waals surface area contributed by atoms with Crippen LogP contribution >= 0.6 is 0 Å². The van der Waals surface area contributed by atoms with Gasteiger partial charge in [0.05, 0.1) is 36.3 Å². The first-order valence-corrected chi connectivity index (χ1v) is 10.5. The zero-order valence-electron chi connectivity index (χ0n) is 18.1. The van der Waals surface area contributed by atoms with Gasteiger partial charge in [0.1, 0.15) is 12.0 Å². The van der Waals surface area contributed by atoms with Crippen molar-refractivity contribution in [2.24, 2.45) is 0 Å². The Morgan fingerprint density at radius 3 is 2.68 bits per heavy atom. The summed E-state index contributed by atoms with van der Waals surface area (Å²) in [4.78, 5) is 34.3. The first-order chi connectivity index (χ1) is 15.0. The van der Waals surface area contributed by atoms with Crippen molar-refractivity contribution in [3.8, 4) is 5.75 Å². The zero-order chi connectivity index (χ0) is 22.4. The Kier molecular flexibility index (Phi) is 7.28. The number of carboxylic acid groups (broad SMARTS) is 1. The first-order valence-electron chi connectivity index (χ1n) is 10.5. The Morgan fingerprint density at radius 2 is 2.10 bits per heavy atom. The molecule has 0 aliphatic heterocycles. The fourth-order valence-corrected chi connectivity index (χ4v) is 4.00. The summed E-state index contributed by atoms with van der Waals surface area (Å²) in [5, 5.41) is 15.5. The molecule has 2 aromatic rings. The number of carboxylic acids is 1. The minimum Gasteiger partial charge on any atom is -0.495 e. The van der Waals surface area contributed by atoms with Crippen LogP contribution in [0.15, 0.2) is 24.4 Å². The van der Waals surface area contributed by atoms with Crippen LogP contribution in [0.25, 0.3) is 0 Å². The Hall–Kier alpha value is -3.36. The number of methoxy groups -OCH3 is 1. The Labute approximate surface area is 181 Å². The predicted molar refractivity (Wildman–Crippen MR) is 120 cm³/mol. The van der Waals surface area contributed by atoms with Crippen molar-refractivity contribution in [3.05, 3.63) is 30.0 Å². The number of benzene rings is 1. The summed E-state index contributed by atoms with van der Waals surface area (Å²) in [7, 11) is 3.28. The molecular formula is C22H29N5O4. The number of hydrogen-bond acceptors (Lipinski definition) is 8. The van der Waals surface area contributed by atoms with E-state index < -0.39 is 5.97 Å². The Morgan fingerprint density at radius 1 is 1.35 bits per heavy atom. The lowest BCUT2D eigenvalue weighted by Crippen LogP contribution is -2.44. The van der Waals surface area contributed by atoms with Crippen molar-refractivity contribution < 1.29 is 19.4 Å². The molecule has 166 valence electrons. The monoisotopic (exact) mass is 427 g/mol. The molecule has 0 spiro atoms. The van der Waals surface area contributed by atoms with Gasteiger partial charge in [-0.3, -0.25) is 0 Å². The van der Waals surface area contributed by atoms with E-state index in [0.29, 0.717) is 29.6 Å². The van der Waals surface area contributed by atoms with Gasteiger partial charge < -0.3 is 30.2 Å². The van der Waals surface area contributed by atoms with Crippen molar-refractivity contribution in [2.45, 2.75) is 51.1 Å². The number of rotatable bonds is 10. The molecule has 1 aliphatic carbocycles. The van der Waals surface area contributed by atoms with E-state index in [2.05, 4.69) is 20.5 Å². The van der Waals surface area contributed by atoms with Gasteiger partial charge in [0.25, 0.3) is 0 Å². The van der Waals surface area contributed by atoms with Crippen LogP contribution in [0, 0.1) is 0 Å². The highest BCUT2D eigenvalue weighted by Crippen LogP contribution is 2.35. The molecule has 1 atom stereocenters. The fraction of sp³-hybridized carbons (Fsp3) is 0.455. The summed E-state index contributed by atoms with van der Waals surface area (Å²) < 4.78 is 5.33. The second kappa shape index (κ2) is 10.1. The molecule has 0 amide bonds. The molecule has 1 aromatic heterocycles. The molecule has 3 rings (SSSR count). The molecular weight excluding hydrogens is 398 g/mol. The zero-order valence-corrected chi connectivity index (χ0v) is 18.1. The van der Waals surface area contributed by atoms with Crippen LogP contribution in [-0.4, -0.2) is 53.6 Å². The Bertz CT molecular complexity index is 930. The summed E-state index contributed by atoms with van der Waals surface area (Å²) in [5.41, 5.74) is 1.41. The lowest BCUT2D eigenvalue weighted by atomic mass is 10.1. The fourth-order valence-electron chi connectivity index (χ4n) is 4.00. The molecule has 9 nitrogen and oxygen atoms in total. The molecule has 1 aliphatic rings. The van der Waals surface area contributed by atoms with Crippen LogP contribution < -0.4 is 20.3 Å². The highest BCUT2D eigenvalue weighted by Gasteiger charge is 2.31.